The van der Waals surface area contributed by atoms with E-state index in [9.17, 15) is 23.7 Å². The predicted molar refractivity (Wildman–Crippen MR) is 67.4 cm³/mol. The lowest BCUT2D eigenvalue weighted by molar-refractivity contribution is -0.384. The SMILES string of the molecule is O=C(Nc1ccc(F)c(F)c1)c1ccc([N+](=O)[O-])cc1. The molecule has 0 radical (unpaired) electrons. The van der Waals surface area contributed by atoms with Crippen LogP contribution in [-0.2, 0) is 0 Å². The Morgan fingerprint density at radius 2 is 1.70 bits per heavy atom. The van der Waals surface area contributed by atoms with E-state index < -0.39 is 22.5 Å². The molecule has 7 heteroatoms. The third-order valence-corrected chi connectivity index (χ3v) is 2.52. The fourth-order valence-corrected chi connectivity index (χ4v) is 1.51. The topological polar surface area (TPSA) is 72.2 Å². The number of nitrogens with one attached hydrogen (secondary N) is 1. The zero-order valence-corrected chi connectivity index (χ0v) is 9.97. The fraction of sp³-hybridized carbons (Fsp3) is 0. The average molecular weight is 278 g/mol. The van der Waals surface area contributed by atoms with Gasteiger partial charge in [-0.25, -0.2) is 8.78 Å². The summed E-state index contributed by atoms with van der Waals surface area (Å²) in [7, 11) is 0. The van der Waals surface area contributed by atoms with Gasteiger partial charge in [0.25, 0.3) is 11.6 Å². The number of hydrogen-bond donors (Lipinski definition) is 1. The Labute approximate surface area is 112 Å². The lowest BCUT2D eigenvalue weighted by Gasteiger charge is -2.05. The normalized spacial score (nSPS) is 10.1. The first kappa shape index (κ1) is 13.6. The number of amides is 1. The molecule has 1 N–H and O–H groups in total. The highest BCUT2D eigenvalue weighted by Gasteiger charge is 2.10. The van der Waals surface area contributed by atoms with Gasteiger partial charge in [-0.05, 0) is 24.3 Å². The minimum atomic E-state index is -1.08. The Morgan fingerprint density at radius 3 is 2.25 bits per heavy atom. The Morgan fingerprint density at radius 1 is 1.05 bits per heavy atom. The van der Waals surface area contributed by atoms with Crippen LogP contribution in [0.3, 0.4) is 0 Å². The van der Waals surface area contributed by atoms with Crippen LogP contribution in [0, 0.1) is 21.7 Å². The van der Waals surface area contributed by atoms with Crippen LogP contribution in [0.5, 0.6) is 0 Å². The summed E-state index contributed by atoms with van der Waals surface area (Å²) in [5.74, 6) is -2.67. The maximum Gasteiger partial charge on any atom is 0.269 e. The van der Waals surface area contributed by atoms with Crippen molar-refractivity contribution < 1.29 is 18.5 Å². The minimum absolute atomic E-state index is 0.0900. The first-order chi connectivity index (χ1) is 9.47. The number of rotatable bonds is 3. The van der Waals surface area contributed by atoms with E-state index in [1.165, 1.54) is 30.3 Å². The van der Waals surface area contributed by atoms with Gasteiger partial charge < -0.3 is 5.32 Å². The summed E-state index contributed by atoms with van der Waals surface area (Å²) in [6, 6.07) is 7.85. The smallest absolute Gasteiger partial charge is 0.269 e. The lowest BCUT2D eigenvalue weighted by Crippen LogP contribution is -2.12. The number of carbonyl (C=O) groups excluding carboxylic acids is 1. The summed E-state index contributed by atoms with van der Waals surface area (Å²) in [6.45, 7) is 0. The maximum absolute atomic E-state index is 13.0. The molecule has 0 aliphatic rings. The first-order valence-corrected chi connectivity index (χ1v) is 5.48. The summed E-state index contributed by atoms with van der Waals surface area (Å²) >= 11 is 0. The summed E-state index contributed by atoms with van der Waals surface area (Å²) < 4.78 is 25.7. The highest BCUT2D eigenvalue weighted by molar-refractivity contribution is 6.04. The fourth-order valence-electron chi connectivity index (χ4n) is 1.51. The number of nitrogens with zero attached hydrogens (tertiary/aromatic N) is 1. The molecular formula is C13H8F2N2O3. The van der Waals surface area contributed by atoms with Gasteiger partial charge in [-0.1, -0.05) is 0 Å². The van der Waals surface area contributed by atoms with Crippen molar-refractivity contribution >= 4 is 17.3 Å². The van der Waals surface area contributed by atoms with Gasteiger partial charge in [0.05, 0.1) is 4.92 Å². The molecule has 0 saturated carbocycles. The number of nitro groups is 1. The van der Waals surface area contributed by atoms with Crippen molar-refractivity contribution in [1.82, 2.24) is 0 Å². The van der Waals surface area contributed by atoms with Crippen LogP contribution in [-0.4, -0.2) is 10.8 Å². The molecule has 2 aromatic carbocycles. The number of non-ortho nitro benzene ring substituents is 1. The van der Waals surface area contributed by atoms with Crippen molar-refractivity contribution in [2.75, 3.05) is 5.32 Å². The minimum Gasteiger partial charge on any atom is -0.322 e. The second-order valence-corrected chi connectivity index (χ2v) is 3.89. The number of carbonyl (C=O) groups is 1. The second-order valence-electron chi connectivity index (χ2n) is 3.89. The second kappa shape index (κ2) is 5.43. The standard InChI is InChI=1S/C13H8F2N2O3/c14-11-6-3-9(7-12(11)15)16-13(18)8-1-4-10(5-2-8)17(19)20/h1-7H,(H,16,18). The van der Waals surface area contributed by atoms with Gasteiger partial charge in [0.1, 0.15) is 0 Å². The van der Waals surface area contributed by atoms with Gasteiger partial charge in [0.15, 0.2) is 11.6 Å². The number of hydrogen-bond acceptors (Lipinski definition) is 3. The van der Waals surface area contributed by atoms with E-state index in [2.05, 4.69) is 5.32 Å². The Balaban J connectivity index is 2.15. The Hall–Kier alpha value is -2.83. The number of halogens is 2. The molecule has 2 rings (SSSR count). The van der Waals surface area contributed by atoms with Crippen LogP contribution < -0.4 is 5.32 Å². The van der Waals surface area contributed by atoms with E-state index >= 15 is 0 Å². The van der Waals surface area contributed by atoms with Crippen molar-refractivity contribution in [3.8, 4) is 0 Å². The third kappa shape index (κ3) is 2.94. The van der Waals surface area contributed by atoms with Gasteiger partial charge in [-0.2, -0.15) is 0 Å². The van der Waals surface area contributed by atoms with Crippen molar-refractivity contribution in [2.45, 2.75) is 0 Å². The Kier molecular flexibility index (Phi) is 3.69. The van der Waals surface area contributed by atoms with Crippen LogP contribution in [0.25, 0.3) is 0 Å². The average Bonchev–Trinajstić information content (AvgIpc) is 2.43. The van der Waals surface area contributed by atoms with E-state index in [0.717, 1.165) is 12.1 Å². The molecule has 0 aliphatic carbocycles. The molecule has 0 aromatic heterocycles. The van der Waals surface area contributed by atoms with E-state index in [4.69, 9.17) is 0 Å². The monoisotopic (exact) mass is 278 g/mol. The molecule has 0 atom stereocenters. The lowest BCUT2D eigenvalue weighted by atomic mass is 10.2. The molecule has 102 valence electrons. The molecule has 0 saturated heterocycles. The zero-order chi connectivity index (χ0) is 14.7. The van der Waals surface area contributed by atoms with Crippen LogP contribution in [0.4, 0.5) is 20.2 Å². The largest absolute Gasteiger partial charge is 0.322 e. The van der Waals surface area contributed by atoms with Crippen molar-refractivity contribution in [3.63, 3.8) is 0 Å². The predicted octanol–water partition coefficient (Wildman–Crippen LogP) is 3.13. The molecule has 20 heavy (non-hydrogen) atoms. The highest BCUT2D eigenvalue weighted by Crippen LogP contribution is 2.16. The van der Waals surface area contributed by atoms with Crippen molar-refractivity contribution in [2.24, 2.45) is 0 Å². The molecule has 0 spiro atoms. The highest BCUT2D eigenvalue weighted by atomic mass is 19.2. The summed E-state index contributed by atoms with van der Waals surface area (Å²) in [5, 5.41) is 12.8. The third-order valence-electron chi connectivity index (χ3n) is 2.52. The van der Waals surface area contributed by atoms with Crippen LogP contribution in [0.1, 0.15) is 10.4 Å². The van der Waals surface area contributed by atoms with E-state index in [1.54, 1.807) is 0 Å². The van der Waals surface area contributed by atoms with Gasteiger partial charge in [-0.15, -0.1) is 0 Å². The Bertz CT molecular complexity index is 672. The molecule has 0 heterocycles. The zero-order valence-electron chi connectivity index (χ0n) is 9.97. The molecule has 2 aromatic rings. The quantitative estimate of drug-likeness (QED) is 0.692. The molecule has 0 aliphatic heterocycles. The molecule has 0 unspecified atom stereocenters. The maximum atomic E-state index is 13.0. The van der Waals surface area contributed by atoms with E-state index in [-0.39, 0.29) is 16.9 Å². The van der Waals surface area contributed by atoms with Gasteiger partial charge >= 0.3 is 0 Å². The number of benzene rings is 2. The molecule has 5 nitrogen and oxygen atoms in total. The molecule has 0 bridgehead atoms. The number of nitro benzene ring substituents is 1. The first-order valence-electron chi connectivity index (χ1n) is 5.48. The van der Waals surface area contributed by atoms with Crippen molar-refractivity contribution in [3.05, 3.63) is 69.8 Å². The summed E-state index contributed by atoms with van der Waals surface area (Å²) in [4.78, 5) is 21.7. The molecular weight excluding hydrogens is 270 g/mol. The molecule has 1 amide bonds. The van der Waals surface area contributed by atoms with Crippen LogP contribution in [0.2, 0.25) is 0 Å². The van der Waals surface area contributed by atoms with Crippen molar-refractivity contribution in [1.29, 1.82) is 0 Å². The summed E-state index contributed by atoms with van der Waals surface area (Å²) in [5.41, 5.74) is 0.113. The van der Waals surface area contributed by atoms with Gasteiger partial charge in [0, 0.05) is 29.4 Å². The molecule has 0 fully saturated rings. The van der Waals surface area contributed by atoms with Crippen LogP contribution in [0.15, 0.2) is 42.5 Å². The summed E-state index contributed by atoms with van der Waals surface area (Å²) in [6.07, 6.45) is 0. The van der Waals surface area contributed by atoms with Crippen LogP contribution >= 0.6 is 0 Å². The van der Waals surface area contributed by atoms with Gasteiger partial charge in [-0.3, -0.25) is 14.9 Å². The van der Waals surface area contributed by atoms with E-state index in [1.807, 2.05) is 0 Å². The van der Waals surface area contributed by atoms with Gasteiger partial charge in [0.2, 0.25) is 0 Å². The van der Waals surface area contributed by atoms with E-state index in [0.29, 0.717) is 0 Å². The number of anilines is 1.